The van der Waals surface area contributed by atoms with Crippen LogP contribution in [0.2, 0.25) is 0 Å². The summed E-state index contributed by atoms with van der Waals surface area (Å²) in [5.41, 5.74) is 7.00. The summed E-state index contributed by atoms with van der Waals surface area (Å²) in [7, 11) is 0. The summed E-state index contributed by atoms with van der Waals surface area (Å²) < 4.78 is 7.32. The third-order valence-corrected chi connectivity index (χ3v) is 9.46. The molecule has 0 aliphatic carbocycles. The number of fused-ring (bicyclic) bond motifs is 5. The highest BCUT2D eigenvalue weighted by atomic mass is 32.1. The van der Waals surface area contributed by atoms with Gasteiger partial charge in [0.1, 0.15) is 10.6 Å². The number of aromatic nitrogens is 1. The van der Waals surface area contributed by atoms with Crippen molar-refractivity contribution >= 4 is 49.0 Å². The molecule has 2 aromatic heterocycles. The van der Waals surface area contributed by atoms with Gasteiger partial charge >= 0.3 is 5.63 Å². The number of hydrogen-bond donors (Lipinski definition) is 0. The van der Waals surface area contributed by atoms with Gasteiger partial charge in [-0.3, -0.25) is 0 Å². The highest BCUT2D eigenvalue weighted by Crippen LogP contribution is 2.50. The number of nitrogens with zero attached hydrogens (tertiary/aromatic N) is 2. The van der Waals surface area contributed by atoms with E-state index < -0.39 is 0 Å². The topological polar surface area (TPSA) is 46.3 Å². The molecule has 0 radical (unpaired) electrons. The fraction of sp³-hybridized carbons (Fsp3) is 0.333. The maximum absolute atomic E-state index is 13.6. The first-order valence-corrected chi connectivity index (χ1v) is 13.3. The van der Waals surface area contributed by atoms with Crippen molar-refractivity contribution in [2.45, 2.75) is 51.9 Å². The summed E-state index contributed by atoms with van der Waals surface area (Å²) in [5, 5.41) is 4.15. The van der Waals surface area contributed by atoms with E-state index in [2.05, 4.69) is 75.1 Å². The average Bonchev–Trinajstić information content (AvgIpc) is 3.27. The summed E-state index contributed by atoms with van der Waals surface area (Å²) in [6.07, 6.45) is 2.22. The van der Waals surface area contributed by atoms with E-state index in [4.69, 9.17) is 9.40 Å². The van der Waals surface area contributed by atoms with Crippen LogP contribution in [0, 0.1) is 6.92 Å². The lowest BCUT2D eigenvalue weighted by atomic mass is 9.73. The summed E-state index contributed by atoms with van der Waals surface area (Å²) in [6.45, 7) is 11.2. The Hall–Kier alpha value is -3.18. The van der Waals surface area contributed by atoms with Gasteiger partial charge in [-0.2, -0.15) is 0 Å². The minimum Gasteiger partial charge on any atom is -0.422 e. The largest absolute Gasteiger partial charge is 0.422 e. The smallest absolute Gasteiger partial charge is 0.346 e. The van der Waals surface area contributed by atoms with Gasteiger partial charge in [-0.15, -0.1) is 11.3 Å². The monoisotopic (exact) mass is 480 g/mol. The molecule has 0 bridgehead atoms. The third kappa shape index (κ3) is 2.91. The number of anilines is 1. The quantitative estimate of drug-likeness (QED) is 0.233. The Bertz CT molecular complexity index is 1740. The van der Waals surface area contributed by atoms with Gasteiger partial charge < -0.3 is 9.32 Å². The number of hydrogen-bond acceptors (Lipinski definition) is 5. The van der Waals surface area contributed by atoms with E-state index in [0.717, 1.165) is 57.7 Å². The maximum Gasteiger partial charge on any atom is 0.346 e. The molecule has 4 heterocycles. The van der Waals surface area contributed by atoms with Crippen LogP contribution in [0.15, 0.2) is 51.7 Å². The van der Waals surface area contributed by atoms with Crippen LogP contribution in [0.25, 0.3) is 42.5 Å². The summed E-state index contributed by atoms with van der Waals surface area (Å²) >= 11 is 1.59. The second-order valence-corrected chi connectivity index (χ2v) is 11.9. The normalized spacial score (nSPS) is 19.0. The predicted octanol–water partition coefficient (Wildman–Crippen LogP) is 7.53. The van der Waals surface area contributed by atoms with Crippen molar-refractivity contribution in [3.05, 3.63) is 69.6 Å². The van der Waals surface area contributed by atoms with E-state index in [9.17, 15) is 4.79 Å². The molecule has 0 N–H and O–H groups in total. The van der Waals surface area contributed by atoms with Gasteiger partial charge in [0.2, 0.25) is 0 Å². The van der Waals surface area contributed by atoms with Crippen molar-refractivity contribution in [2.24, 2.45) is 0 Å². The number of aryl methyl sites for hydroxylation is 1. The molecule has 0 saturated heterocycles. The zero-order valence-electron chi connectivity index (χ0n) is 20.6. The Kier molecular flexibility index (Phi) is 4.33. The van der Waals surface area contributed by atoms with Crippen LogP contribution in [0.4, 0.5) is 5.69 Å². The van der Waals surface area contributed by atoms with Gasteiger partial charge in [-0.1, -0.05) is 51.1 Å². The van der Waals surface area contributed by atoms with Crippen molar-refractivity contribution in [1.29, 1.82) is 0 Å². The molecule has 176 valence electrons. The first kappa shape index (κ1) is 21.1. The summed E-state index contributed by atoms with van der Waals surface area (Å²) in [4.78, 5) is 21.0. The zero-order chi connectivity index (χ0) is 24.1. The minimum absolute atomic E-state index is 0.0867. The molecule has 35 heavy (non-hydrogen) atoms. The highest BCUT2D eigenvalue weighted by Gasteiger charge is 2.38. The van der Waals surface area contributed by atoms with Crippen LogP contribution in [0.1, 0.15) is 56.2 Å². The Morgan fingerprint density at radius 2 is 1.94 bits per heavy atom. The molecule has 0 spiro atoms. The van der Waals surface area contributed by atoms with E-state index in [1.807, 2.05) is 0 Å². The Labute approximate surface area is 208 Å². The average molecular weight is 481 g/mol. The molecule has 4 nitrogen and oxygen atoms in total. The van der Waals surface area contributed by atoms with Gasteiger partial charge in [-0.05, 0) is 59.7 Å². The van der Waals surface area contributed by atoms with Crippen molar-refractivity contribution in [3.63, 3.8) is 0 Å². The van der Waals surface area contributed by atoms with Crippen molar-refractivity contribution in [2.75, 3.05) is 18.0 Å². The molecule has 3 aromatic carbocycles. The third-order valence-electron chi connectivity index (χ3n) is 8.34. The first-order valence-electron chi connectivity index (χ1n) is 12.5. The van der Waals surface area contributed by atoms with Crippen LogP contribution in [-0.4, -0.2) is 18.1 Å². The van der Waals surface area contributed by atoms with Crippen molar-refractivity contribution in [1.82, 2.24) is 4.98 Å². The Morgan fingerprint density at radius 3 is 2.80 bits per heavy atom. The molecule has 1 atom stereocenters. The SMILES string of the molecule is Cc1c(-c2nc3ccc4ccccc4c3s2)c(=O)oc2c3c4c(cc12)C(C)(C)CCN4CCC3C. The van der Waals surface area contributed by atoms with Gasteiger partial charge in [-0.25, -0.2) is 9.78 Å². The summed E-state index contributed by atoms with van der Waals surface area (Å²) in [6, 6.07) is 14.8. The molecule has 5 aromatic rings. The van der Waals surface area contributed by atoms with E-state index in [-0.39, 0.29) is 11.0 Å². The van der Waals surface area contributed by atoms with Crippen LogP contribution in [0.3, 0.4) is 0 Å². The fourth-order valence-electron chi connectivity index (χ4n) is 6.20. The van der Waals surface area contributed by atoms with E-state index >= 15 is 0 Å². The molecular weight excluding hydrogens is 452 g/mol. The van der Waals surface area contributed by atoms with E-state index in [1.165, 1.54) is 27.6 Å². The minimum atomic E-state index is -0.283. The van der Waals surface area contributed by atoms with E-state index in [1.54, 1.807) is 11.3 Å². The van der Waals surface area contributed by atoms with Crippen LogP contribution >= 0.6 is 11.3 Å². The molecular formula is C30H28N2O2S. The molecule has 2 aliphatic heterocycles. The zero-order valence-corrected chi connectivity index (χ0v) is 21.4. The lowest BCUT2D eigenvalue weighted by molar-refractivity contribution is 0.437. The standard InChI is InChI=1S/C30H28N2O2S/c1-16-11-13-32-14-12-30(3,4)21-15-20-17(2)24(29(33)34-26(20)23(16)25(21)32)28-31-22-10-9-18-7-5-6-8-19(18)27(22)35-28/h5-10,15-16H,11-14H2,1-4H3. The second kappa shape index (κ2) is 7.17. The maximum atomic E-state index is 13.6. The molecule has 7 rings (SSSR count). The van der Waals surface area contributed by atoms with Gasteiger partial charge in [0, 0.05) is 35.1 Å². The predicted molar refractivity (Wildman–Crippen MR) is 146 cm³/mol. The first-order chi connectivity index (χ1) is 16.8. The van der Waals surface area contributed by atoms with Crippen LogP contribution < -0.4 is 10.5 Å². The van der Waals surface area contributed by atoms with Crippen LogP contribution in [0.5, 0.6) is 0 Å². The lowest BCUT2D eigenvalue weighted by Crippen LogP contribution is -2.41. The number of benzene rings is 3. The second-order valence-electron chi connectivity index (χ2n) is 10.9. The molecule has 0 saturated carbocycles. The van der Waals surface area contributed by atoms with Crippen molar-refractivity contribution in [3.8, 4) is 10.6 Å². The van der Waals surface area contributed by atoms with Gasteiger partial charge in [0.25, 0.3) is 0 Å². The summed E-state index contributed by atoms with van der Waals surface area (Å²) in [5.74, 6) is 0.361. The van der Waals surface area contributed by atoms with Gasteiger partial charge in [0.15, 0.2) is 0 Å². The Balaban J connectivity index is 1.54. The van der Waals surface area contributed by atoms with Crippen LogP contribution in [-0.2, 0) is 5.41 Å². The molecule has 0 fully saturated rings. The molecule has 2 aliphatic rings. The molecule has 1 unspecified atom stereocenters. The lowest BCUT2D eigenvalue weighted by Gasteiger charge is -2.45. The number of rotatable bonds is 1. The van der Waals surface area contributed by atoms with Crippen molar-refractivity contribution < 1.29 is 4.42 Å². The van der Waals surface area contributed by atoms with E-state index in [0.29, 0.717) is 11.5 Å². The number of thiazole rings is 1. The highest BCUT2D eigenvalue weighted by molar-refractivity contribution is 7.22. The Morgan fingerprint density at radius 1 is 1.11 bits per heavy atom. The van der Waals surface area contributed by atoms with Gasteiger partial charge in [0.05, 0.1) is 15.8 Å². The molecule has 5 heteroatoms. The molecule has 0 amide bonds. The fourth-order valence-corrected chi connectivity index (χ4v) is 7.39.